The minimum Gasteiger partial charge on any atom is -0.508 e. The number of ether oxygens (including phenoxy) is 1. The highest BCUT2D eigenvalue weighted by molar-refractivity contribution is 5.30. The third kappa shape index (κ3) is 3.63. The van der Waals surface area contributed by atoms with E-state index in [0.29, 0.717) is 5.92 Å². The quantitative estimate of drug-likeness (QED) is 0.846. The number of phenols is 1. The highest BCUT2D eigenvalue weighted by Gasteiger charge is 2.20. The van der Waals surface area contributed by atoms with Gasteiger partial charge in [-0.25, -0.2) is 0 Å². The average Bonchev–Trinajstić information content (AvgIpc) is 2.61. The lowest BCUT2D eigenvalue weighted by Gasteiger charge is -2.23. The van der Waals surface area contributed by atoms with Crippen LogP contribution in [0.25, 0.3) is 0 Å². The lowest BCUT2D eigenvalue weighted by molar-refractivity contribution is 0.142. The molecule has 2 unspecified atom stereocenters. The lowest BCUT2D eigenvalue weighted by Crippen LogP contribution is -2.24. The maximum absolute atomic E-state index is 9.21. The van der Waals surface area contributed by atoms with Crippen LogP contribution in [0.3, 0.4) is 0 Å². The van der Waals surface area contributed by atoms with E-state index in [-0.39, 0.29) is 11.9 Å². The van der Waals surface area contributed by atoms with Crippen molar-refractivity contribution in [3.8, 4) is 11.5 Å². The van der Waals surface area contributed by atoms with Gasteiger partial charge in [-0.1, -0.05) is 0 Å². The van der Waals surface area contributed by atoms with Gasteiger partial charge in [-0.05, 0) is 69.5 Å². The Morgan fingerprint density at radius 1 is 1.24 bits per heavy atom. The van der Waals surface area contributed by atoms with Gasteiger partial charge in [-0.15, -0.1) is 0 Å². The molecule has 94 valence electrons. The number of rotatable bonds is 3. The van der Waals surface area contributed by atoms with Crippen LogP contribution in [0.2, 0.25) is 0 Å². The van der Waals surface area contributed by atoms with Crippen LogP contribution in [-0.2, 0) is 0 Å². The predicted octanol–water partition coefficient (Wildman–Crippen LogP) is 2.55. The topological polar surface area (TPSA) is 41.5 Å². The minimum atomic E-state index is 0.236. The van der Waals surface area contributed by atoms with E-state index >= 15 is 0 Å². The standard InChI is InChI=1S/C14H21NO2/c1-11(12-3-2-9-15-10-8-12)17-14-6-4-13(16)5-7-14/h4-7,11-12,15-16H,2-3,8-10H2,1H3. The summed E-state index contributed by atoms with van der Waals surface area (Å²) in [6.07, 6.45) is 3.87. The monoisotopic (exact) mass is 235 g/mol. The van der Waals surface area contributed by atoms with E-state index in [1.807, 2.05) is 12.1 Å². The van der Waals surface area contributed by atoms with Gasteiger partial charge in [0.05, 0.1) is 6.10 Å². The fraction of sp³-hybridized carbons (Fsp3) is 0.571. The average molecular weight is 235 g/mol. The predicted molar refractivity (Wildman–Crippen MR) is 68.4 cm³/mol. The summed E-state index contributed by atoms with van der Waals surface area (Å²) in [4.78, 5) is 0. The summed E-state index contributed by atoms with van der Waals surface area (Å²) in [6.45, 7) is 4.36. The summed E-state index contributed by atoms with van der Waals surface area (Å²) in [5, 5.41) is 12.6. The molecule has 1 aliphatic rings. The molecule has 2 rings (SSSR count). The van der Waals surface area contributed by atoms with Crippen molar-refractivity contribution in [1.82, 2.24) is 5.32 Å². The molecule has 2 atom stereocenters. The minimum absolute atomic E-state index is 0.236. The summed E-state index contributed by atoms with van der Waals surface area (Å²) in [6, 6.07) is 6.97. The second-order valence-corrected chi connectivity index (χ2v) is 4.76. The van der Waals surface area contributed by atoms with Crippen LogP contribution in [0.15, 0.2) is 24.3 Å². The Balaban J connectivity index is 1.90. The number of phenolic OH excluding ortho intramolecular Hbond substituents is 1. The molecule has 0 saturated carbocycles. The molecule has 1 aromatic carbocycles. The smallest absolute Gasteiger partial charge is 0.119 e. The largest absolute Gasteiger partial charge is 0.508 e. The normalized spacial score (nSPS) is 22.8. The first-order valence-corrected chi connectivity index (χ1v) is 6.42. The van der Waals surface area contributed by atoms with Gasteiger partial charge in [-0.3, -0.25) is 0 Å². The van der Waals surface area contributed by atoms with E-state index in [2.05, 4.69) is 12.2 Å². The third-order valence-corrected chi connectivity index (χ3v) is 3.44. The molecule has 2 N–H and O–H groups in total. The molecule has 3 heteroatoms. The van der Waals surface area contributed by atoms with Gasteiger partial charge in [0.1, 0.15) is 11.5 Å². The molecule has 1 heterocycles. The maximum atomic E-state index is 9.21. The number of hydrogen-bond acceptors (Lipinski definition) is 3. The lowest BCUT2D eigenvalue weighted by atomic mass is 9.95. The van der Waals surface area contributed by atoms with Gasteiger partial charge < -0.3 is 15.2 Å². The Labute approximate surface area is 103 Å². The van der Waals surface area contributed by atoms with Crippen molar-refractivity contribution in [2.75, 3.05) is 13.1 Å². The van der Waals surface area contributed by atoms with E-state index in [9.17, 15) is 5.11 Å². The number of hydrogen-bond donors (Lipinski definition) is 2. The van der Waals surface area contributed by atoms with Crippen molar-refractivity contribution in [3.05, 3.63) is 24.3 Å². The summed E-state index contributed by atoms with van der Waals surface area (Å²) in [5.41, 5.74) is 0. The fourth-order valence-corrected chi connectivity index (χ4v) is 2.35. The molecule has 17 heavy (non-hydrogen) atoms. The Kier molecular flexibility index (Phi) is 4.26. The number of aromatic hydroxyl groups is 1. The van der Waals surface area contributed by atoms with Crippen LogP contribution < -0.4 is 10.1 Å². The molecule has 0 aliphatic carbocycles. The Morgan fingerprint density at radius 2 is 2.00 bits per heavy atom. The molecule has 0 aromatic heterocycles. The fourth-order valence-electron chi connectivity index (χ4n) is 2.35. The van der Waals surface area contributed by atoms with Crippen LogP contribution >= 0.6 is 0 Å². The zero-order valence-corrected chi connectivity index (χ0v) is 10.4. The van der Waals surface area contributed by atoms with Crippen LogP contribution in [-0.4, -0.2) is 24.3 Å². The molecular weight excluding hydrogens is 214 g/mol. The van der Waals surface area contributed by atoms with Gasteiger partial charge in [0.25, 0.3) is 0 Å². The van der Waals surface area contributed by atoms with E-state index < -0.39 is 0 Å². The number of nitrogens with one attached hydrogen (secondary N) is 1. The van der Waals surface area contributed by atoms with E-state index in [1.54, 1.807) is 12.1 Å². The van der Waals surface area contributed by atoms with Crippen molar-refractivity contribution in [3.63, 3.8) is 0 Å². The molecule has 0 radical (unpaired) electrons. The van der Waals surface area contributed by atoms with Crippen molar-refractivity contribution in [1.29, 1.82) is 0 Å². The van der Waals surface area contributed by atoms with Crippen molar-refractivity contribution >= 4 is 0 Å². The summed E-state index contributed by atoms with van der Waals surface area (Å²) in [5.74, 6) is 1.75. The Hall–Kier alpha value is -1.22. The second kappa shape index (κ2) is 5.92. The number of benzene rings is 1. The summed E-state index contributed by atoms with van der Waals surface area (Å²) < 4.78 is 5.93. The molecule has 0 bridgehead atoms. The molecule has 1 saturated heterocycles. The first kappa shape index (κ1) is 12.2. The van der Waals surface area contributed by atoms with Gasteiger partial charge in [0.15, 0.2) is 0 Å². The summed E-state index contributed by atoms with van der Waals surface area (Å²) >= 11 is 0. The third-order valence-electron chi connectivity index (χ3n) is 3.44. The second-order valence-electron chi connectivity index (χ2n) is 4.76. The molecule has 1 fully saturated rings. The first-order chi connectivity index (χ1) is 8.25. The maximum Gasteiger partial charge on any atom is 0.119 e. The van der Waals surface area contributed by atoms with E-state index in [0.717, 1.165) is 18.8 Å². The Bertz CT molecular complexity index is 329. The van der Waals surface area contributed by atoms with Crippen LogP contribution in [0.1, 0.15) is 26.2 Å². The van der Waals surface area contributed by atoms with Crippen molar-refractivity contribution in [2.24, 2.45) is 5.92 Å². The molecule has 0 amide bonds. The molecule has 1 aliphatic heterocycles. The first-order valence-electron chi connectivity index (χ1n) is 6.42. The molecule has 1 aromatic rings. The highest BCUT2D eigenvalue weighted by atomic mass is 16.5. The zero-order chi connectivity index (χ0) is 12.1. The zero-order valence-electron chi connectivity index (χ0n) is 10.4. The Morgan fingerprint density at radius 3 is 2.76 bits per heavy atom. The van der Waals surface area contributed by atoms with Crippen LogP contribution in [0.4, 0.5) is 0 Å². The van der Waals surface area contributed by atoms with Crippen LogP contribution in [0.5, 0.6) is 11.5 Å². The molecule has 0 spiro atoms. The van der Waals surface area contributed by atoms with Crippen molar-refractivity contribution in [2.45, 2.75) is 32.3 Å². The molecular formula is C14H21NO2. The van der Waals surface area contributed by atoms with Crippen molar-refractivity contribution < 1.29 is 9.84 Å². The highest BCUT2D eigenvalue weighted by Crippen LogP contribution is 2.23. The van der Waals surface area contributed by atoms with Gasteiger partial charge in [0, 0.05) is 0 Å². The summed E-state index contributed by atoms with van der Waals surface area (Å²) in [7, 11) is 0. The van der Waals surface area contributed by atoms with E-state index in [4.69, 9.17) is 4.74 Å². The van der Waals surface area contributed by atoms with Gasteiger partial charge in [-0.2, -0.15) is 0 Å². The van der Waals surface area contributed by atoms with E-state index in [1.165, 1.54) is 19.3 Å². The SMILES string of the molecule is CC(Oc1ccc(O)cc1)C1CCCNCC1. The molecule has 3 nitrogen and oxygen atoms in total. The van der Waals surface area contributed by atoms with Crippen LogP contribution in [0, 0.1) is 5.92 Å². The van der Waals surface area contributed by atoms with Gasteiger partial charge >= 0.3 is 0 Å². The van der Waals surface area contributed by atoms with Gasteiger partial charge in [0.2, 0.25) is 0 Å².